The van der Waals surface area contributed by atoms with Gasteiger partial charge in [-0.15, -0.1) is 0 Å². The monoisotopic (exact) mass is 432 g/mol. The number of rotatable bonds is 10. The van der Waals surface area contributed by atoms with Gasteiger partial charge in [-0.25, -0.2) is 13.2 Å². The molecule has 1 fully saturated rings. The Bertz CT molecular complexity index is 841. The maximum atomic E-state index is 14.9. The fraction of sp³-hybridized carbons (Fsp3) is 0.556. The lowest BCUT2D eigenvalue weighted by Gasteiger charge is -2.30. The molecule has 2 atom stereocenters. The van der Waals surface area contributed by atoms with Crippen LogP contribution in [-0.4, -0.2) is 12.7 Å². The van der Waals surface area contributed by atoms with Gasteiger partial charge in [-0.05, 0) is 54.9 Å². The van der Waals surface area contributed by atoms with Crippen molar-refractivity contribution in [2.45, 2.75) is 90.1 Å². The van der Waals surface area contributed by atoms with Crippen LogP contribution in [0.3, 0.4) is 0 Å². The first-order valence-electron chi connectivity index (χ1n) is 11.9. The minimum absolute atomic E-state index is 0.104. The van der Waals surface area contributed by atoms with Crippen LogP contribution in [0.5, 0.6) is 0 Å². The van der Waals surface area contributed by atoms with E-state index in [-0.39, 0.29) is 23.4 Å². The third-order valence-electron chi connectivity index (χ3n) is 6.47. The third kappa shape index (κ3) is 6.12. The Labute approximate surface area is 185 Å². The molecule has 0 amide bonds. The van der Waals surface area contributed by atoms with Crippen LogP contribution >= 0.6 is 0 Å². The van der Waals surface area contributed by atoms with Crippen LogP contribution in [0.1, 0.15) is 88.7 Å². The van der Waals surface area contributed by atoms with Crippen LogP contribution in [-0.2, 0) is 11.2 Å². The number of benzene rings is 2. The van der Waals surface area contributed by atoms with Gasteiger partial charge in [0.2, 0.25) is 0 Å². The molecule has 0 aliphatic carbocycles. The molecule has 1 aliphatic heterocycles. The average molecular weight is 433 g/mol. The Morgan fingerprint density at radius 2 is 1.68 bits per heavy atom. The normalized spacial score (nSPS) is 19.0. The Morgan fingerprint density at radius 3 is 2.35 bits per heavy atom. The standard InChI is InChI=1S/C27H35F3O/c1-3-5-7-8-10-22-14-13-21(18-31-22)24-16-15-23(26(29)27(24)30)20-12-11-19(9-6-4-2)25(28)17-20/h11-12,15-17,21-22H,3-10,13-14,18H2,1-2H3. The van der Waals surface area contributed by atoms with Gasteiger partial charge in [0.05, 0.1) is 12.7 Å². The van der Waals surface area contributed by atoms with Gasteiger partial charge in [0.15, 0.2) is 11.6 Å². The smallest absolute Gasteiger partial charge is 0.166 e. The highest BCUT2D eigenvalue weighted by atomic mass is 19.2. The molecule has 170 valence electrons. The lowest BCUT2D eigenvalue weighted by Crippen LogP contribution is -2.25. The lowest BCUT2D eigenvalue weighted by molar-refractivity contribution is -0.00282. The first kappa shape index (κ1) is 23.8. The number of hydrogen-bond donors (Lipinski definition) is 0. The van der Waals surface area contributed by atoms with Crippen LogP contribution in [0.4, 0.5) is 13.2 Å². The molecule has 1 nitrogen and oxygen atoms in total. The van der Waals surface area contributed by atoms with Gasteiger partial charge in [0, 0.05) is 11.5 Å². The van der Waals surface area contributed by atoms with Gasteiger partial charge in [-0.1, -0.05) is 70.2 Å². The summed E-state index contributed by atoms with van der Waals surface area (Å²) in [4.78, 5) is 0. The minimum Gasteiger partial charge on any atom is -0.378 e. The molecule has 0 radical (unpaired) electrons. The van der Waals surface area contributed by atoms with E-state index in [9.17, 15) is 13.2 Å². The predicted molar refractivity (Wildman–Crippen MR) is 121 cm³/mol. The summed E-state index contributed by atoms with van der Waals surface area (Å²) in [5, 5.41) is 0. The van der Waals surface area contributed by atoms with E-state index >= 15 is 0 Å². The molecule has 4 heteroatoms. The molecule has 0 bridgehead atoms. The molecular weight excluding hydrogens is 397 g/mol. The first-order chi connectivity index (χ1) is 15.0. The van der Waals surface area contributed by atoms with E-state index in [2.05, 4.69) is 13.8 Å². The van der Waals surface area contributed by atoms with E-state index < -0.39 is 11.6 Å². The van der Waals surface area contributed by atoms with Gasteiger partial charge in [0.25, 0.3) is 0 Å². The Balaban J connectivity index is 1.67. The molecule has 1 heterocycles. The van der Waals surface area contributed by atoms with Crippen LogP contribution < -0.4 is 0 Å². The number of halogens is 3. The van der Waals surface area contributed by atoms with Crippen LogP contribution in [0.2, 0.25) is 0 Å². The molecule has 3 rings (SSSR count). The van der Waals surface area contributed by atoms with Crippen molar-refractivity contribution in [1.29, 1.82) is 0 Å². The van der Waals surface area contributed by atoms with Crippen molar-refractivity contribution < 1.29 is 17.9 Å². The number of unbranched alkanes of at least 4 members (excludes halogenated alkanes) is 4. The van der Waals surface area contributed by atoms with Crippen molar-refractivity contribution in [3.8, 4) is 11.1 Å². The van der Waals surface area contributed by atoms with Gasteiger partial charge in [0.1, 0.15) is 5.82 Å². The largest absolute Gasteiger partial charge is 0.378 e. The molecule has 2 unspecified atom stereocenters. The Hall–Kier alpha value is -1.81. The fourth-order valence-corrected chi connectivity index (χ4v) is 4.47. The summed E-state index contributed by atoms with van der Waals surface area (Å²) < 4.78 is 50.2. The van der Waals surface area contributed by atoms with E-state index in [4.69, 9.17) is 4.74 Å². The summed E-state index contributed by atoms with van der Waals surface area (Å²) in [6.45, 7) is 4.67. The van der Waals surface area contributed by atoms with Gasteiger partial charge < -0.3 is 4.74 Å². The second kappa shape index (κ2) is 11.7. The topological polar surface area (TPSA) is 9.23 Å². The van der Waals surface area contributed by atoms with Crippen LogP contribution in [0.25, 0.3) is 11.1 Å². The molecule has 1 aliphatic rings. The third-order valence-corrected chi connectivity index (χ3v) is 6.47. The molecule has 2 aromatic rings. The van der Waals surface area contributed by atoms with Gasteiger partial charge in [-0.2, -0.15) is 0 Å². The summed E-state index contributed by atoms with van der Waals surface area (Å²) in [6, 6.07) is 7.90. The molecule has 31 heavy (non-hydrogen) atoms. The van der Waals surface area contributed by atoms with E-state index in [1.807, 2.05) is 0 Å². The minimum atomic E-state index is -0.903. The predicted octanol–water partition coefficient (Wildman–Crippen LogP) is 8.35. The molecule has 1 saturated heterocycles. The molecule has 0 N–H and O–H groups in total. The molecule has 0 saturated carbocycles. The number of ether oxygens (including phenoxy) is 1. The quantitative estimate of drug-likeness (QED) is 0.343. The van der Waals surface area contributed by atoms with E-state index in [1.54, 1.807) is 24.3 Å². The average Bonchev–Trinajstić information content (AvgIpc) is 2.78. The van der Waals surface area contributed by atoms with Crippen LogP contribution in [0.15, 0.2) is 30.3 Å². The van der Waals surface area contributed by atoms with Crippen molar-refractivity contribution in [1.82, 2.24) is 0 Å². The summed E-state index contributed by atoms with van der Waals surface area (Å²) in [5.41, 5.74) is 1.46. The molecule has 0 aromatic heterocycles. The van der Waals surface area contributed by atoms with Crippen molar-refractivity contribution in [2.75, 3.05) is 6.61 Å². The SMILES string of the molecule is CCCCCCC1CCC(c2ccc(-c3ccc(CCCC)c(F)c3)c(F)c2F)CO1. The van der Waals surface area contributed by atoms with Crippen molar-refractivity contribution in [3.05, 3.63) is 58.9 Å². The summed E-state index contributed by atoms with van der Waals surface area (Å²) >= 11 is 0. The molecule has 2 aromatic carbocycles. The number of hydrogen-bond acceptors (Lipinski definition) is 1. The molecule has 0 spiro atoms. The summed E-state index contributed by atoms with van der Waals surface area (Å²) in [5.74, 6) is -2.23. The van der Waals surface area contributed by atoms with Crippen molar-refractivity contribution >= 4 is 0 Å². The zero-order chi connectivity index (χ0) is 22.2. The highest BCUT2D eigenvalue weighted by Crippen LogP contribution is 2.35. The van der Waals surface area contributed by atoms with Crippen LogP contribution in [0, 0.1) is 17.5 Å². The second-order valence-electron chi connectivity index (χ2n) is 8.82. The number of aryl methyl sites for hydroxylation is 1. The second-order valence-corrected chi connectivity index (χ2v) is 8.82. The lowest BCUT2D eigenvalue weighted by atomic mass is 9.88. The maximum absolute atomic E-state index is 14.9. The van der Waals surface area contributed by atoms with E-state index in [0.717, 1.165) is 38.5 Å². The summed E-state index contributed by atoms with van der Waals surface area (Å²) in [6.07, 6.45) is 10.3. The molecular formula is C27H35F3O. The zero-order valence-corrected chi connectivity index (χ0v) is 18.9. The Kier molecular flexibility index (Phi) is 9.01. The Morgan fingerprint density at radius 1 is 0.871 bits per heavy atom. The van der Waals surface area contributed by atoms with E-state index in [1.165, 1.54) is 25.3 Å². The van der Waals surface area contributed by atoms with E-state index in [0.29, 0.717) is 29.7 Å². The van der Waals surface area contributed by atoms with Gasteiger partial charge in [-0.3, -0.25) is 0 Å². The highest BCUT2D eigenvalue weighted by Gasteiger charge is 2.27. The maximum Gasteiger partial charge on any atom is 0.166 e. The summed E-state index contributed by atoms with van der Waals surface area (Å²) in [7, 11) is 0. The van der Waals surface area contributed by atoms with Gasteiger partial charge >= 0.3 is 0 Å². The fourth-order valence-electron chi connectivity index (χ4n) is 4.47. The highest BCUT2D eigenvalue weighted by molar-refractivity contribution is 5.65. The van der Waals surface area contributed by atoms with Crippen molar-refractivity contribution in [2.24, 2.45) is 0 Å². The first-order valence-corrected chi connectivity index (χ1v) is 11.9. The van der Waals surface area contributed by atoms with Crippen molar-refractivity contribution in [3.63, 3.8) is 0 Å². The zero-order valence-electron chi connectivity index (χ0n) is 18.9.